The van der Waals surface area contributed by atoms with Crippen LogP contribution >= 0.6 is 15.9 Å². The van der Waals surface area contributed by atoms with Crippen molar-refractivity contribution in [2.24, 2.45) is 5.92 Å². The van der Waals surface area contributed by atoms with Gasteiger partial charge >= 0.3 is 0 Å². The SMILES string of the molecule is O=c1cc(NCC2CC2)cnn1Cc1cncc(Br)c1. The van der Waals surface area contributed by atoms with Crippen molar-refractivity contribution in [2.75, 3.05) is 11.9 Å². The van der Waals surface area contributed by atoms with Crippen LogP contribution in [-0.4, -0.2) is 21.3 Å². The van der Waals surface area contributed by atoms with Gasteiger partial charge in [-0.2, -0.15) is 5.10 Å². The first kappa shape index (κ1) is 13.3. The van der Waals surface area contributed by atoms with Gasteiger partial charge < -0.3 is 5.32 Å². The van der Waals surface area contributed by atoms with E-state index in [1.54, 1.807) is 24.7 Å². The Balaban J connectivity index is 1.71. The van der Waals surface area contributed by atoms with Crippen LogP contribution < -0.4 is 10.9 Å². The first-order valence-corrected chi connectivity index (χ1v) is 7.40. The van der Waals surface area contributed by atoms with Gasteiger partial charge in [-0.05, 0) is 46.3 Å². The van der Waals surface area contributed by atoms with Gasteiger partial charge in [0, 0.05) is 29.5 Å². The summed E-state index contributed by atoms with van der Waals surface area (Å²) in [5, 5.41) is 7.45. The molecule has 0 aliphatic heterocycles. The second-order valence-corrected chi connectivity index (χ2v) is 5.99. The van der Waals surface area contributed by atoms with Crippen molar-refractivity contribution in [3.63, 3.8) is 0 Å². The second-order valence-electron chi connectivity index (χ2n) is 5.08. The third kappa shape index (κ3) is 3.45. The summed E-state index contributed by atoms with van der Waals surface area (Å²) in [4.78, 5) is 16.1. The number of hydrogen-bond acceptors (Lipinski definition) is 4. The summed E-state index contributed by atoms with van der Waals surface area (Å²) in [6.07, 6.45) is 7.72. The molecule has 5 nitrogen and oxygen atoms in total. The van der Waals surface area contributed by atoms with Crippen molar-refractivity contribution in [3.8, 4) is 0 Å². The lowest BCUT2D eigenvalue weighted by atomic mass is 10.3. The molecule has 0 aromatic carbocycles. The Morgan fingerprint density at radius 3 is 2.85 bits per heavy atom. The van der Waals surface area contributed by atoms with E-state index in [1.807, 2.05) is 6.07 Å². The van der Waals surface area contributed by atoms with Crippen molar-refractivity contribution < 1.29 is 0 Å². The summed E-state index contributed by atoms with van der Waals surface area (Å²) in [7, 11) is 0. The highest BCUT2D eigenvalue weighted by atomic mass is 79.9. The zero-order valence-corrected chi connectivity index (χ0v) is 12.5. The summed E-state index contributed by atoms with van der Waals surface area (Å²) in [6.45, 7) is 1.36. The molecule has 104 valence electrons. The minimum Gasteiger partial charge on any atom is -0.383 e. The molecule has 1 aliphatic rings. The average molecular weight is 335 g/mol. The summed E-state index contributed by atoms with van der Waals surface area (Å²) in [6, 6.07) is 3.53. The van der Waals surface area contributed by atoms with E-state index in [9.17, 15) is 4.79 Å². The fourth-order valence-electron chi connectivity index (χ4n) is 1.95. The van der Waals surface area contributed by atoms with E-state index in [1.165, 1.54) is 17.5 Å². The van der Waals surface area contributed by atoms with Gasteiger partial charge in [0.2, 0.25) is 0 Å². The molecule has 0 unspecified atom stereocenters. The van der Waals surface area contributed by atoms with Gasteiger partial charge in [0.15, 0.2) is 0 Å². The Labute approximate surface area is 125 Å². The maximum absolute atomic E-state index is 12.0. The van der Waals surface area contributed by atoms with Crippen molar-refractivity contribution >= 4 is 21.6 Å². The van der Waals surface area contributed by atoms with Crippen LogP contribution in [0.25, 0.3) is 0 Å². The average Bonchev–Trinajstić information content (AvgIpc) is 3.23. The Morgan fingerprint density at radius 1 is 1.30 bits per heavy atom. The molecule has 20 heavy (non-hydrogen) atoms. The standard InChI is InChI=1S/C14H15BrN4O/c15-12-3-11(5-16-7-12)9-19-14(20)4-13(8-18-19)17-6-10-1-2-10/h3-5,7-8,10,17H,1-2,6,9H2. The molecular formula is C14H15BrN4O. The molecule has 0 atom stereocenters. The summed E-state index contributed by atoms with van der Waals surface area (Å²) in [5.41, 5.74) is 1.63. The van der Waals surface area contributed by atoms with Crippen molar-refractivity contribution in [2.45, 2.75) is 19.4 Å². The molecule has 2 aromatic rings. The molecule has 0 saturated heterocycles. The molecule has 1 aliphatic carbocycles. The van der Waals surface area contributed by atoms with Crippen LogP contribution in [0.5, 0.6) is 0 Å². The molecule has 6 heteroatoms. The molecule has 1 N–H and O–H groups in total. The Bertz CT molecular complexity index is 666. The number of halogens is 1. The molecule has 0 spiro atoms. The van der Waals surface area contributed by atoms with E-state index in [4.69, 9.17) is 0 Å². The van der Waals surface area contributed by atoms with Crippen LogP contribution in [0, 0.1) is 5.92 Å². The topological polar surface area (TPSA) is 59.8 Å². The number of anilines is 1. The van der Waals surface area contributed by atoms with Crippen LogP contribution in [0.15, 0.2) is 40.0 Å². The fourth-order valence-corrected chi connectivity index (χ4v) is 2.36. The van der Waals surface area contributed by atoms with Gasteiger partial charge in [0.1, 0.15) is 0 Å². The summed E-state index contributed by atoms with van der Waals surface area (Å²) < 4.78 is 2.33. The maximum atomic E-state index is 12.0. The molecular weight excluding hydrogens is 320 g/mol. The van der Waals surface area contributed by atoms with E-state index in [-0.39, 0.29) is 5.56 Å². The summed E-state index contributed by atoms with van der Waals surface area (Å²) >= 11 is 3.37. The number of nitrogens with one attached hydrogen (secondary N) is 1. The molecule has 1 fully saturated rings. The van der Waals surface area contributed by atoms with Crippen LogP contribution in [0.2, 0.25) is 0 Å². The van der Waals surface area contributed by atoms with Gasteiger partial charge in [-0.25, -0.2) is 4.68 Å². The van der Waals surface area contributed by atoms with E-state index in [0.717, 1.165) is 28.2 Å². The van der Waals surface area contributed by atoms with Gasteiger partial charge in [-0.3, -0.25) is 9.78 Å². The second kappa shape index (κ2) is 5.75. The first-order chi connectivity index (χ1) is 9.70. The molecule has 0 radical (unpaired) electrons. The minimum atomic E-state index is -0.106. The third-order valence-corrected chi connectivity index (χ3v) is 3.69. The Hall–Kier alpha value is -1.69. The number of nitrogens with zero attached hydrogens (tertiary/aromatic N) is 3. The first-order valence-electron chi connectivity index (χ1n) is 6.61. The monoisotopic (exact) mass is 334 g/mol. The lowest BCUT2D eigenvalue weighted by Gasteiger charge is -2.07. The fraction of sp³-hybridized carbons (Fsp3) is 0.357. The number of pyridine rings is 1. The normalized spacial score (nSPS) is 14.2. The van der Waals surface area contributed by atoms with Crippen LogP contribution in [0.4, 0.5) is 5.69 Å². The van der Waals surface area contributed by atoms with Crippen LogP contribution in [0.1, 0.15) is 18.4 Å². The minimum absolute atomic E-state index is 0.106. The van der Waals surface area contributed by atoms with Gasteiger partial charge in [-0.15, -0.1) is 0 Å². The van der Waals surface area contributed by atoms with E-state index >= 15 is 0 Å². The highest BCUT2D eigenvalue weighted by Gasteiger charge is 2.20. The van der Waals surface area contributed by atoms with E-state index in [0.29, 0.717) is 6.54 Å². The molecule has 2 aromatic heterocycles. The molecule has 1 saturated carbocycles. The highest BCUT2D eigenvalue weighted by molar-refractivity contribution is 9.10. The van der Waals surface area contributed by atoms with E-state index < -0.39 is 0 Å². The van der Waals surface area contributed by atoms with Gasteiger partial charge in [0.25, 0.3) is 5.56 Å². The smallest absolute Gasteiger partial charge is 0.269 e. The van der Waals surface area contributed by atoms with Crippen molar-refractivity contribution in [1.29, 1.82) is 0 Å². The van der Waals surface area contributed by atoms with Crippen LogP contribution in [-0.2, 0) is 6.54 Å². The maximum Gasteiger partial charge on any atom is 0.269 e. The predicted molar refractivity (Wildman–Crippen MR) is 80.7 cm³/mol. The third-order valence-electron chi connectivity index (χ3n) is 3.26. The zero-order valence-electron chi connectivity index (χ0n) is 10.9. The Morgan fingerprint density at radius 2 is 2.15 bits per heavy atom. The zero-order chi connectivity index (χ0) is 13.9. The highest BCUT2D eigenvalue weighted by Crippen LogP contribution is 2.28. The van der Waals surface area contributed by atoms with Gasteiger partial charge in [0.05, 0.1) is 18.4 Å². The van der Waals surface area contributed by atoms with E-state index in [2.05, 4.69) is 31.3 Å². The molecule has 3 rings (SSSR count). The molecule has 0 amide bonds. The molecule has 0 bridgehead atoms. The summed E-state index contributed by atoms with van der Waals surface area (Å²) in [5.74, 6) is 0.769. The van der Waals surface area contributed by atoms with Crippen LogP contribution in [0.3, 0.4) is 0 Å². The quantitative estimate of drug-likeness (QED) is 0.911. The van der Waals surface area contributed by atoms with Crippen molar-refractivity contribution in [3.05, 3.63) is 51.1 Å². The molecule has 2 heterocycles. The van der Waals surface area contributed by atoms with Gasteiger partial charge in [-0.1, -0.05) is 0 Å². The lowest BCUT2D eigenvalue weighted by molar-refractivity contribution is 0.637. The lowest BCUT2D eigenvalue weighted by Crippen LogP contribution is -2.23. The number of rotatable bonds is 5. The largest absolute Gasteiger partial charge is 0.383 e. The predicted octanol–water partition coefficient (Wildman–Crippen LogP) is 2.27. The Kier molecular flexibility index (Phi) is 3.82. The number of hydrogen-bond donors (Lipinski definition) is 1. The number of aromatic nitrogens is 3. The van der Waals surface area contributed by atoms with Crippen molar-refractivity contribution in [1.82, 2.24) is 14.8 Å².